The van der Waals surface area contributed by atoms with E-state index in [-0.39, 0.29) is 29.0 Å². The summed E-state index contributed by atoms with van der Waals surface area (Å²) in [5.74, 6) is 0.518. The van der Waals surface area contributed by atoms with Gasteiger partial charge in [-0.05, 0) is 67.7 Å². The smallest absolute Gasteiger partial charge is 0.328 e. The summed E-state index contributed by atoms with van der Waals surface area (Å²) in [5, 5.41) is 2.55. The number of nitrogens with zero attached hydrogens (tertiary/aromatic N) is 3. The molecule has 1 aliphatic heterocycles. The predicted octanol–water partition coefficient (Wildman–Crippen LogP) is 3.87. The maximum absolute atomic E-state index is 13.2. The van der Waals surface area contributed by atoms with Crippen LogP contribution in [0.15, 0.2) is 39.2 Å². The van der Waals surface area contributed by atoms with Gasteiger partial charge in [-0.25, -0.2) is 4.79 Å². The fourth-order valence-electron chi connectivity index (χ4n) is 5.34. The van der Waals surface area contributed by atoms with E-state index in [1.54, 1.807) is 6.07 Å². The molecule has 2 aromatic heterocycles. The van der Waals surface area contributed by atoms with Crippen molar-refractivity contribution in [1.29, 1.82) is 0 Å². The van der Waals surface area contributed by atoms with Gasteiger partial charge in [0.15, 0.2) is 0 Å². The highest BCUT2D eigenvalue weighted by Crippen LogP contribution is 2.32. The zero-order valence-electron chi connectivity index (χ0n) is 19.3. The molecule has 34 heavy (non-hydrogen) atoms. The molecule has 9 heteroatoms. The lowest BCUT2D eigenvalue weighted by Gasteiger charge is -2.39. The first kappa shape index (κ1) is 23.2. The highest BCUT2D eigenvalue weighted by atomic mass is 35.5. The van der Waals surface area contributed by atoms with Crippen molar-refractivity contribution >= 4 is 44.7 Å². The lowest BCUT2D eigenvalue weighted by molar-refractivity contribution is -0.137. The van der Waals surface area contributed by atoms with Gasteiger partial charge in [-0.15, -0.1) is 11.3 Å². The molecule has 180 valence electrons. The Labute approximate surface area is 206 Å². The SMILES string of the molecule is Cc1ccc(Cl)cc1N1CCN(C(=O)C2CCC(Cn3c(=O)[nH]c4ccsc4c3=O)CC2)CC1. The molecule has 0 spiro atoms. The summed E-state index contributed by atoms with van der Waals surface area (Å²) in [5.41, 5.74) is 2.39. The summed E-state index contributed by atoms with van der Waals surface area (Å²) in [6, 6.07) is 7.71. The summed E-state index contributed by atoms with van der Waals surface area (Å²) >= 11 is 7.54. The second-order valence-electron chi connectivity index (χ2n) is 9.47. The van der Waals surface area contributed by atoms with Crippen molar-refractivity contribution in [3.63, 3.8) is 0 Å². The quantitative estimate of drug-likeness (QED) is 0.590. The number of hydrogen-bond donors (Lipinski definition) is 1. The molecule has 1 saturated carbocycles. The molecule has 0 bridgehead atoms. The molecule has 1 aromatic carbocycles. The van der Waals surface area contributed by atoms with E-state index in [9.17, 15) is 14.4 Å². The number of halogens is 1. The van der Waals surface area contributed by atoms with Crippen LogP contribution >= 0.6 is 22.9 Å². The van der Waals surface area contributed by atoms with Gasteiger partial charge in [-0.3, -0.25) is 14.2 Å². The number of benzene rings is 1. The summed E-state index contributed by atoms with van der Waals surface area (Å²) in [6.07, 6.45) is 3.33. The van der Waals surface area contributed by atoms with E-state index in [0.717, 1.165) is 62.6 Å². The molecule has 7 nitrogen and oxygen atoms in total. The zero-order chi connectivity index (χ0) is 23.8. The number of H-pyrrole nitrogens is 1. The first-order valence-corrected chi connectivity index (χ1v) is 13.2. The van der Waals surface area contributed by atoms with E-state index in [2.05, 4.69) is 16.8 Å². The minimum atomic E-state index is -0.345. The number of aromatic nitrogens is 2. The van der Waals surface area contributed by atoms with Gasteiger partial charge in [0, 0.05) is 49.4 Å². The van der Waals surface area contributed by atoms with Gasteiger partial charge in [0.1, 0.15) is 4.70 Å². The Hall–Kier alpha value is -2.58. The third-order valence-electron chi connectivity index (χ3n) is 7.33. The number of nitrogens with one attached hydrogen (secondary N) is 1. The van der Waals surface area contributed by atoms with Crippen LogP contribution in [-0.2, 0) is 11.3 Å². The van der Waals surface area contributed by atoms with Crippen LogP contribution in [-0.4, -0.2) is 46.5 Å². The van der Waals surface area contributed by atoms with E-state index in [0.29, 0.717) is 16.8 Å². The lowest BCUT2D eigenvalue weighted by Crippen LogP contribution is -2.51. The van der Waals surface area contributed by atoms with Crippen molar-refractivity contribution in [3.05, 3.63) is 61.1 Å². The average Bonchev–Trinajstić information content (AvgIpc) is 3.32. The molecule has 5 rings (SSSR count). The molecule has 1 amide bonds. The van der Waals surface area contributed by atoms with Gasteiger partial charge in [-0.2, -0.15) is 0 Å². The highest BCUT2D eigenvalue weighted by Gasteiger charge is 2.32. The summed E-state index contributed by atoms with van der Waals surface area (Å²) in [6.45, 7) is 5.55. The number of carbonyl (C=O) groups excluding carboxylic acids is 1. The monoisotopic (exact) mass is 500 g/mol. The van der Waals surface area contributed by atoms with Gasteiger partial charge in [0.2, 0.25) is 5.91 Å². The number of rotatable bonds is 4. The van der Waals surface area contributed by atoms with Gasteiger partial charge in [0.25, 0.3) is 5.56 Å². The molecule has 3 heterocycles. The Morgan fingerprint density at radius 3 is 2.56 bits per heavy atom. The first-order valence-electron chi connectivity index (χ1n) is 11.9. The lowest BCUT2D eigenvalue weighted by atomic mass is 9.81. The van der Waals surface area contributed by atoms with Crippen molar-refractivity contribution in [2.45, 2.75) is 39.2 Å². The van der Waals surface area contributed by atoms with Gasteiger partial charge in [0.05, 0.1) is 5.52 Å². The van der Waals surface area contributed by atoms with E-state index >= 15 is 0 Å². The number of piperazine rings is 1. The molecule has 0 radical (unpaired) electrons. The largest absolute Gasteiger partial charge is 0.368 e. The molecule has 1 saturated heterocycles. The highest BCUT2D eigenvalue weighted by molar-refractivity contribution is 7.17. The Bertz CT molecular complexity index is 1310. The number of fused-ring (bicyclic) bond motifs is 1. The molecule has 2 aliphatic rings. The fourth-order valence-corrected chi connectivity index (χ4v) is 6.30. The zero-order valence-corrected chi connectivity index (χ0v) is 20.8. The number of aromatic amines is 1. The molecule has 3 aromatic rings. The number of anilines is 1. The van der Waals surface area contributed by atoms with E-state index in [1.807, 2.05) is 28.5 Å². The van der Waals surface area contributed by atoms with Crippen LogP contribution in [0.1, 0.15) is 31.2 Å². The molecule has 0 unspecified atom stereocenters. The Morgan fingerprint density at radius 1 is 1.09 bits per heavy atom. The Kier molecular flexibility index (Phi) is 6.53. The van der Waals surface area contributed by atoms with Gasteiger partial charge in [-0.1, -0.05) is 17.7 Å². The summed E-state index contributed by atoms with van der Waals surface area (Å²) in [7, 11) is 0. The standard InChI is InChI=1S/C25H29ClN4O3S/c1-16-2-7-19(26)14-21(16)28-9-11-29(12-10-28)23(31)18-5-3-17(4-6-18)15-30-24(32)22-20(8-13-34-22)27-25(30)33/h2,7-8,13-14,17-18H,3-6,9-12,15H2,1H3,(H,27,33). The molecule has 1 N–H and O–H groups in total. The number of thiophene rings is 1. The van der Waals surface area contributed by atoms with Crippen molar-refractivity contribution in [1.82, 2.24) is 14.5 Å². The first-order chi connectivity index (χ1) is 16.4. The fraction of sp³-hybridized carbons (Fsp3) is 0.480. The number of hydrogen-bond acceptors (Lipinski definition) is 5. The summed E-state index contributed by atoms with van der Waals surface area (Å²) in [4.78, 5) is 45.4. The number of aryl methyl sites for hydroxylation is 1. The van der Waals surface area contributed by atoms with E-state index in [4.69, 9.17) is 11.6 Å². The topological polar surface area (TPSA) is 78.4 Å². The van der Waals surface area contributed by atoms with Crippen LogP contribution in [0.25, 0.3) is 10.2 Å². The third kappa shape index (κ3) is 4.53. The van der Waals surface area contributed by atoms with Crippen molar-refractivity contribution < 1.29 is 4.79 Å². The van der Waals surface area contributed by atoms with Crippen LogP contribution < -0.4 is 16.1 Å². The Balaban J connectivity index is 1.16. The number of carbonyl (C=O) groups is 1. The minimum Gasteiger partial charge on any atom is -0.368 e. The van der Waals surface area contributed by atoms with Crippen LogP contribution in [0.2, 0.25) is 5.02 Å². The average molecular weight is 501 g/mol. The molecular weight excluding hydrogens is 472 g/mol. The third-order valence-corrected chi connectivity index (χ3v) is 8.47. The maximum Gasteiger partial charge on any atom is 0.328 e. The van der Waals surface area contributed by atoms with Crippen molar-refractivity contribution in [2.24, 2.45) is 11.8 Å². The van der Waals surface area contributed by atoms with Crippen LogP contribution in [0, 0.1) is 18.8 Å². The number of amides is 1. The normalized spacial score (nSPS) is 21.2. The van der Waals surface area contributed by atoms with Gasteiger partial charge >= 0.3 is 5.69 Å². The molecule has 0 atom stereocenters. The van der Waals surface area contributed by atoms with Crippen LogP contribution in [0.4, 0.5) is 5.69 Å². The minimum absolute atomic E-state index is 0.0329. The Morgan fingerprint density at radius 2 is 1.82 bits per heavy atom. The molecular formula is C25H29ClN4O3S. The summed E-state index contributed by atoms with van der Waals surface area (Å²) < 4.78 is 1.93. The van der Waals surface area contributed by atoms with Gasteiger partial charge < -0.3 is 14.8 Å². The second-order valence-corrected chi connectivity index (χ2v) is 10.8. The maximum atomic E-state index is 13.2. The second kappa shape index (κ2) is 9.58. The van der Waals surface area contributed by atoms with Crippen LogP contribution in [0.5, 0.6) is 0 Å². The van der Waals surface area contributed by atoms with Crippen molar-refractivity contribution in [3.8, 4) is 0 Å². The molecule has 1 aliphatic carbocycles. The van der Waals surface area contributed by atoms with E-state index in [1.165, 1.54) is 21.5 Å². The predicted molar refractivity (Wildman–Crippen MR) is 137 cm³/mol. The van der Waals surface area contributed by atoms with Crippen LogP contribution in [0.3, 0.4) is 0 Å². The van der Waals surface area contributed by atoms with E-state index < -0.39 is 0 Å². The van der Waals surface area contributed by atoms with Crippen molar-refractivity contribution in [2.75, 3.05) is 31.1 Å². The molecule has 2 fully saturated rings.